The molecule has 0 fully saturated rings. The number of nitrogens with two attached hydrogens (primary N) is 2. The van der Waals surface area contributed by atoms with E-state index in [0.29, 0.717) is 12.3 Å². The molecule has 0 aliphatic carbocycles. The van der Waals surface area contributed by atoms with Crippen molar-refractivity contribution in [2.45, 2.75) is 39.2 Å². The number of phenolic OH excluding ortho intramolecular Hbond substituents is 1. The Morgan fingerprint density at radius 3 is 2.42 bits per heavy atom. The van der Waals surface area contributed by atoms with Gasteiger partial charge < -0.3 is 21.5 Å². The number of unbranched alkanes of at least 4 members (excludes halogenated alkanes) is 1. The van der Waals surface area contributed by atoms with Crippen molar-refractivity contribution in [1.82, 2.24) is 0 Å². The Morgan fingerprint density at radius 1 is 1.21 bits per heavy atom. The summed E-state index contributed by atoms with van der Waals surface area (Å²) in [4.78, 5) is 2.20. The van der Waals surface area contributed by atoms with Crippen molar-refractivity contribution in [3.05, 3.63) is 23.8 Å². The highest BCUT2D eigenvalue weighted by molar-refractivity contribution is 5.53. The van der Waals surface area contributed by atoms with E-state index in [1.54, 1.807) is 0 Å². The summed E-state index contributed by atoms with van der Waals surface area (Å²) in [5.74, 6) is 0.296. The van der Waals surface area contributed by atoms with Crippen molar-refractivity contribution in [2.24, 2.45) is 11.5 Å². The molecule has 0 radical (unpaired) electrons. The molecule has 0 unspecified atom stereocenters. The summed E-state index contributed by atoms with van der Waals surface area (Å²) >= 11 is 0. The average Bonchev–Trinajstić information content (AvgIpc) is 2.40. The fraction of sp³-hybridized carbons (Fsp3) is 0.600. The van der Waals surface area contributed by atoms with Gasteiger partial charge in [0, 0.05) is 36.4 Å². The molecule has 108 valence electrons. The first-order chi connectivity index (χ1) is 9.13. The van der Waals surface area contributed by atoms with E-state index in [4.69, 9.17) is 11.5 Å². The highest BCUT2D eigenvalue weighted by atomic mass is 16.3. The normalized spacial score (nSPS) is 12.4. The molecule has 0 aliphatic heterocycles. The molecule has 1 atom stereocenters. The minimum absolute atomic E-state index is 0.114. The minimum Gasteiger partial charge on any atom is -0.508 e. The van der Waals surface area contributed by atoms with Crippen LogP contribution in [-0.4, -0.2) is 24.7 Å². The molecule has 4 nitrogen and oxygen atoms in total. The summed E-state index contributed by atoms with van der Waals surface area (Å²) in [5.41, 5.74) is 13.5. The van der Waals surface area contributed by atoms with Gasteiger partial charge in [-0.15, -0.1) is 0 Å². The second-order valence-electron chi connectivity index (χ2n) is 4.81. The maximum atomic E-state index is 10.1. The van der Waals surface area contributed by atoms with Crippen molar-refractivity contribution in [3.63, 3.8) is 0 Å². The lowest BCUT2D eigenvalue weighted by Crippen LogP contribution is -2.21. The predicted octanol–water partition coefficient (Wildman–Crippen LogP) is 2.37. The Bertz CT molecular complexity index is 378. The van der Waals surface area contributed by atoms with Crippen molar-refractivity contribution in [3.8, 4) is 5.75 Å². The van der Waals surface area contributed by atoms with E-state index < -0.39 is 0 Å². The number of benzene rings is 1. The van der Waals surface area contributed by atoms with E-state index in [0.717, 1.165) is 43.6 Å². The first kappa shape index (κ1) is 15.8. The Balaban J connectivity index is 2.76. The van der Waals surface area contributed by atoms with Crippen molar-refractivity contribution in [2.75, 3.05) is 24.5 Å². The van der Waals surface area contributed by atoms with Gasteiger partial charge in [0.2, 0.25) is 0 Å². The lowest BCUT2D eigenvalue weighted by molar-refractivity contribution is 0.456. The monoisotopic (exact) mass is 265 g/mol. The first-order valence-electron chi connectivity index (χ1n) is 7.17. The molecular formula is C15H27N3O. The molecule has 1 rings (SSSR count). The van der Waals surface area contributed by atoms with Crippen molar-refractivity contribution >= 4 is 5.69 Å². The molecule has 0 saturated carbocycles. The molecule has 19 heavy (non-hydrogen) atoms. The van der Waals surface area contributed by atoms with E-state index in [1.807, 2.05) is 18.2 Å². The Labute approximate surface area is 116 Å². The van der Waals surface area contributed by atoms with Gasteiger partial charge in [-0.3, -0.25) is 0 Å². The molecule has 1 aromatic carbocycles. The van der Waals surface area contributed by atoms with Gasteiger partial charge in [-0.2, -0.15) is 0 Å². The summed E-state index contributed by atoms with van der Waals surface area (Å²) in [6, 6.07) is 5.67. The van der Waals surface area contributed by atoms with E-state index >= 15 is 0 Å². The number of phenols is 1. The van der Waals surface area contributed by atoms with Crippen LogP contribution < -0.4 is 16.4 Å². The molecule has 0 aliphatic rings. The van der Waals surface area contributed by atoms with Crippen LogP contribution in [0.5, 0.6) is 5.75 Å². The zero-order valence-corrected chi connectivity index (χ0v) is 12.1. The fourth-order valence-corrected chi connectivity index (χ4v) is 2.30. The second kappa shape index (κ2) is 8.02. The lowest BCUT2D eigenvalue weighted by Gasteiger charge is -2.22. The molecule has 0 heterocycles. The van der Waals surface area contributed by atoms with Crippen molar-refractivity contribution in [1.29, 1.82) is 0 Å². The quantitative estimate of drug-likeness (QED) is 0.631. The summed E-state index contributed by atoms with van der Waals surface area (Å²) < 4.78 is 0. The van der Waals surface area contributed by atoms with Crippen LogP contribution >= 0.6 is 0 Å². The first-order valence-corrected chi connectivity index (χ1v) is 7.17. The standard InChI is InChI=1S/C15H27N3O/c1-3-18(4-2)12-8-9-13(15(19)11-12)14(17)7-5-6-10-16/h8-9,11,14,19H,3-7,10,16-17H2,1-2H3/t14-/m0/s1. The summed E-state index contributed by atoms with van der Waals surface area (Å²) in [5, 5.41) is 10.1. The van der Waals surface area contributed by atoms with E-state index in [1.165, 1.54) is 0 Å². The molecule has 0 saturated heterocycles. The van der Waals surface area contributed by atoms with Gasteiger partial charge in [0.1, 0.15) is 5.75 Å². The van der Waals surface area contributed by atoms with Gasteiger partial charge in [0.15, 0.2) is 0 Å². The number of aromatic hydroxyl groups is 1. The highest BCUT2D eigenvalue weighted by Crippen LogP contribution is 2.30. The van der Waals surface area contributed by atoms with Gasteiger partial charge in [-0.1, -0.05) is 12.5 Å². The predicted molar refractivity (Wildman–Crippen MR) is 81.5 cm³/mol. The number of hydrogen-bond acceptors (Lipinski definition) is 4. The number of anilines is 1. The highest BCUT2D eigenvalue weighted by Gasteiger charge is 2.12. The number of rotatable bonds is 8. The molecule has 5 N–H and O–H groups in total. The molecule has 1 aromatic rings. The third-order valence-electron chi connectivity index (χ3n) is 3.51. The molecule has 4 heteroatoms. The zero-order chi connectivity index (χ0) is 14.3. The number of nitrogens with zero attached hydrogens (tertiary/aromatic N) is 1. The Hall–Kier alpha value is -1.26. The molecule has 0 aromatic heterocycles. The third kappa shape index (κ3) is 4.40. The zero-order valence-electron chi connectivity index (χ0n) is 12.1. The Morgan fingerprint density at radius 2 is 1.89 bits per heavy atom. The topological polar surface area (TPSA) is 75.5 Å². The largest absolute Gasteiger partial charge is 0.508 e. The van der Waals surface area contributed by atoms with Gasteiger partial charge in [0.25, 0.3) is 0 Å². The smallest absolute Gasteiger partial charge is 0.122 e. The van der Waals surface area contributed by atoms with Crippen LogP contribution in [0.1, 0.15) is 44.7 Å². The van der Waals surface area contributed by atoms with Crippen LogP contribution in [0.2, 0.25) is 0 Å². The van der Waals surface area contributed by atoms with E-state index in [9.17, 15) is 5.11 Å². The van der Waals surface area contributed by atoms with Crippen LogP contribution in [0.15, 0.2) is 18.2 Å². The third-order valence-corrected chi connectivity index (χ3v) is 3.51. The fourth-order valence-electron chi connectivity index (χ4n) is 2.30. The van der Waals surface area contributed by atoms with Gasteiger partial charge in [-0.05, 0) is 39.3 Å². The van der Waals surface area contributed by atoms with E-state index in [2.05, 4.69) is 18.7 Å². The van der Waals surface area contributed by atoms with Gasteiger partial charge >= 0.3 is 0 Å². The molecule has 0 spiro atoms. The maximum Gasteiger partial charge on any atom is 0.122 e. The molecule has 0 amide bonds. The van der Waals surface area contributed by atoms with Crippen LogP contribution in [0, 0.1) is 0 Å². The van der Waals surface area contributed by atoms with Crippen molar-refractivity contribution < 1.29 is 5.11 Å². The second-order valence-corrected chi connectivity index (χ2v) is 4.81. The summed E-state index contributed by atoms with van der Waals surface area (Å²) in [7, 11) is 0. The minimum atomic E-state index is -0.114. The van der Waals surface area contributed by atoms with Crippen LogP contribution in [0.3, 0.4) is 0 Å². The van der Waals surface area contributed by atoms with Crippen LogP contribution in [-0.2, 0) is 0 Å². The lowest BCUT2D eigenvalue weighted by atomic mass is 10.0. The summed E-state index contributed by atoms with van der Waals surface area (Å²) in [6.07, 6.45) is 2.83. The van der Waals surface area contributed by atoms with Gasteiger partial charge in [0.05, 0.1) is 0 Å². The van der Waals surface area contributed by atoms with Gasteiger partial charge in [-0.25, -0.2) is 0 Å². The van der Waals surface area contributed by atoms with E-state index in [-0.39, 0.29) is 6.04 Å². The van der Waals surface area contributed by atoms with Crippen LogP contribution in [0.4, 0.5) is 5.69 Å². The molecular weight excluding hydrogens is 238 g/mol. The Kier molecular flexibility index (Phi) is 6.67. The molecule has 0 bridgehead atoms. The number of hydrogen-bond donors (Lipinski definition) is 3. The maximum absolute atomic E-state index is 10.1. The van der Waals surface area contributed by atoms with Crippen LogP contribution in [0.25, 0.3) is 0 Å². The SMILES string of the molecule is CCN(CC)c1ccc([C@@H](N)CCCCN)c(O)c1. The average molecular weight is 265 g/mol. The summed E-state index contributed by atoms with van der Waals surface area (Å²) in [6.45, 7) is 6.76.